The number of H-pyrrole nitrogens is 1. The number of urea groups is 1. The Labute approximate surface area is 189 Å². The third kappa shape index (κ3) is 4.85. The molecule has 170 valence electrons. The molecule has 0 bridgehead atoms. The number of carbonyl (C=O) groups excluding carboxylic acids is 3. The van der Waals surface area contributed by atoms with Gasteiger partial charge >= 0.3 is 6.03 Å². The zero-order valence-electron chi connectivity index (χ0n) is 17.8. The Balaban J connectivity index is 1.46. The van der Waals surface area contributed by atoms with Gasteiger partial charge in [-0.15, -0.1) is 0 Å². The number of nitrogens with one attached hydrogen (secondary N) is 3. The molecule has 0 saturated carbocycles. The van der Waals surface area contributed by atoms with Crippen LogP contribution in [-0.4, -0.2) is 46.9 Å². The van der Waals surface area contributed by atoms with E-state index in [9.17, 15) is 14.4 Å². The lowest BCUT2D eigenvalue weighted by Crippen LogP contribution is -2.69. The van der Waals surface area contributed by atoms with Crippen molar-refractivity contribution in [3.63, 3.8) is 0 Å². The molecule has 0 spiro atoms. The van der Waals surface area contributed by atoms with E-state index >= 15 is 0 Å². The number of aromatic amines is 1. The summed E-state index contributed by atoms with van der Waals surface area (Å²) in [6.07, 6.45) is 3.48. The van der Waals surface area contributed by atoms with Gasteiger partial charge in [-0.1, -0.05) is 12.1 Å². The van der Waals surface area contributed by atoms with Crippen molar-refractivity contribution < 1.29 is 28.6 Å². The van der Waals surface area contributed by atoms with Crippen LogP contribution in [0.3, 0.4) is 0 Å². The van der Waals surface area contributed by atoms with E-state index in [1.165, 1.54) is 0 Å². The van der Waals surface area contributed by atoms with Gasteiger partial charge in [0.05, 0.1) is 12.8 Å². The molecule has 0 unspecified atom stereocenters. The number of hydrogen-bond donors (Lipinski definition) is 3. The van der Waals surface area contributed by atoms with E-state index in [-0.39, 0.29) is 18.8 Å². The summed E-state index contributed by atoms with van der Waals surface area (Å²) in [4.78, 5) is 36.6. The van der Waals surface area contributed by atoms with E-state index in [0.717, 1.165) is 11.1 Å². The maximum Gasteiger partial charge on any atom is 0.328 e. The molecule has 3 N–H and O–H groups in total. The summed E-state index contributed by atoms with van der Waals surface area (Å²) in [5.74, 6) is -0.250. The van der Waals surface area contributed by atoms with Gasteiger partial charge in [0.2, 0.25) is 0 Å². The first-order chi connectivity index (χ1) is 16.0. The van der Waals surface area contributed by atoms with Crippen LogP contribution in [0.4, 0.5) is 4.79 Å². The minimum atomic E-state index is -1.92. The maximum atomic E-state index is 12.6. The molecule has 0 radical (unpaired) electrons. The molecule has 4 rings (SSSR count). The van der Waals surface area contributed by atoms with Crippen molar-refractivity contribution in [1.29, 1.82) is 0 Å². The zero-order chi connectivity index (χ0) is 23.3. The van der Waals surface area contributed by atoms with Gasteiger partial charge in [0.25, 0.3) is 17.4 Å². The minimum absolute atomic E-state index is 0.0625. The molecule has 1 saturated heterocycles. The van der Waals surface area contributed by atoms with Gasteiger partial charge in [-0.05, 0) is 48.9 Å². The van der Waals surface area contributed by atoms with E-state index in [1.54, 1.807) is 43.6 Å². The predicted octanol–water partition coefficient (Wildman–Crippen LogP) is 2.78. The summed E-state index contributed by atoms with van der Waals surface area (Å²) in [7, 11) is 0. The highest BCUT2D eigenvalue weighted by molar-refractivity contribution is 6.21. The minimum Gasteiger partial charge on any atom is -0.467 e. The van der Waals surface area contributed by atoms with Crippen molar-refractivity contribution in [3.05, 3.63) is 60.9 Å². The molecule has 1 fully saturated rings. The highest BCUT2D eigenvalue weighted by Crippen LogP contribution is 2.29. The topological polar surface area (TPSA) is 132 Å². The Bertz CT molecular complexity index is 1110. The molecule has 3 aromatic rings. The molecular weight excluding hydrogens is 428 g/mol. The highest BCUT2D eigenvalue weighted by Gasteiger charge is 2.52. The van der Waals surface area contributed by atoms with Crippen LogP contribution in [-0.2, 0) is 14.3 Å². The first kappa shape index (κ1) is 22.0. The zero-order valence-corrected chi connectivity index (χ0v) is 17.8. The monoisotopic (exact) mass is 450 g/mol. The number of amides is 4. The Morgan fingerprint density at radius 2 is 1.45 bits per heavy atom. The number of rotatable bonds is 9. The van der Waals surface area contributed by atoms with Crippen molar-refractivity contribution in [2.75, 3.05) is 13.2 Å². The second-order valence-corrected chi connectivity index (χ2v) is 7.20. The van der Waals surface area contributed by atoms with E-state index in [0.29, 0.717) is 18.1 Å². The highest BCUT2D eigenvalue weighted by atomic mass is 16.5. The van der Waals surface area contributed by atoms with Crippen molar-refractivity contribution in [2.45, 2.75) is 18.9 Å². The first-order valence-electron chi connectivity index (χ1n) is 10.3. The molecular formula is C23H22N4O6. The van der Waals surface area contributed by atoms with Crippen molar-refractivity contribution in [3.8, 4) is 28.4 Å². The molecule has 10 heteroatoms. The number of aromatic nitrogens is 2. The van der Waals surface area contributed by atoms with Crippen molar-refractivity contribution in [2.24, 2.45) is 0 Å². The molecule has 1 aromatic heterocycles. The van der Waals surface area contributed by atoms with Crippen LogP contribution in [0, 0.1) is 0 Å². The van der Waals surface area contributed by atoms with Gasteiger partial charge in [0.1, 0.15) is 17.2 Å². The van der Waals surface area contributed by atoms with Gasteiger partial charge in [0.15, 0.2) is 0 Å². The van der Waals surface area contributed by atoms with Gasteiger partial charge in [0, 0.05) is 24.8 Å². The first-order valence-corrected chi connectivity index (χ1v) is 10.3. The average Bonchev–Trinajstić information content (AvgIpc) is 3.34. The molecule has 1 aliphatic heterocycles. The molecule has 0 atom stereocenters. The molecule has 33 heavy (non-hydrogen) atoms. The molecule has 10 nitrogen and oxygen atoms in total. The quantitative estimate of drug-likeness (QED) is 0.337. The number of benzene rings is 2. The molecule has 2 heterocycles. The van der Waals surface area contributed by atoms with Gasteiger partial charge in [-0.2, -0.15) is 5.10 Å². The lowest BCUT2D eigenvalue weighted by molar-refractivity contribution is -0.153. The molecule has 0 aliphatic carbocycles. The standard InChI is InChI=1S/C23H22N4O6/c1-2-31-12-11-23(20(28)26-22(30)27-21(23)29)33-19-9-7-18(8-10-19)32-17-5-3-15(4-6-17)16-13-24-25-14-16/h3-10,13-14H,2,11-12H2,1H3,(H,24,25)(H2,26,27,28,29,30). The number of barbiturate groups is 1. The summed E-state index contributed by atoms with van der Waals surface area (Å²) in [6, 6.07) is 13.1. The fourth-order valence-electron chi connectivity index (χ4n) is 3.31. The second kappa shape index (κ2) is 9.53. The summed E-state index contributed by atoms with van der Waals surface area (Å²) in [6.45, 7) is 2.30. The number of ether oxygens (including phenoxy) is 3. The van der Waals surface area contributed by atoms with Crippen LogP contribution in [0.25, 0.3) is 11.1 Å². The molecule has 4 amide bonds. The van der Waals surface area contributed by atoms with E-state index < -0.39 is 23.4 Å². The third-order valence-corrected chi connectivity index (χ3v) is 5.03. The van der Waals surface area contributed by atoms with Crippen LogP contribution in [0.15, 0.2) is 60.9 Å². The van der Waals surface area contributed by atoms with Gasteiger partial charge < -0.3 is 14.2 Å². The lowest BCUT2D eigenvalue weighted by atomic mass is 9.95. The number of carbonyl (C=O) groups is 3. The van der Waals surface area contributed by atoms with Crippen LogP contribution in [0.1, 0.15) is 13.3 Å². The summed E-state index contributed by atoms with van der Waals surface area (Å²) in [5.41, 5.74) is 0.0486. The molecule has 2 aromatic carbocycles. The van der Waals surface area contributed by atoms with Crippen molar-refractivity contribution in [1.82, 2.24) is 20.8 Å². The van der Waals surface area contributed by atoms with Gasteiger partial charge in [-0.25, -0.2) is 4.79 Å². The Hall–Kier alpha value is -4.18. The summed E-state index contributed by atoms with van der Waals surface area (Å²) < 4.78 is 16.9. The van der Waals surface area contributed by atoms with E-state index in [2.05, 4.69) is 20.8 Å². The predicted molar refractivity (Wildman–Crippen MR) is 117 cm³/mol. The number of nitrogens with zero attached hydrogens (tertiary/aromatic N) is 1. The largest absolute Gasteiger partial charge is 0.467 e. The van der Waals surface area contributed by atoms with Crippen LogP contribution in [0.2, 0.25) is 0 Å². The third-order valence-electron chi connectivity index (χ3n) is 5.03. The number of hydrogen-bond acceptors (Lipinski definition) is 7. The van der Waals surface area contributed by atoms with E-state index in [4.69, 9.17) is 14.2 Å². The smallest absolute Gasteiger partial charge is 0.328 e. The Morgan fingerprint density at radius 1 is 0.848 bits per heavy atom. The van der Waals surface area contributed by atoms with Crippen molar-refractivity contribution >= 4 is 17.8 Å². The number of imide groups is 2. The van der Waals surface area contributed by atoms with Gasteiger partial charge in [-0.3, -0.25) is 25.3 Å². The average molecular weight is 450 g/mol. The normalized spacial score (nSPS) is 15.0. The maximum absolute atomic E-state index is 12.6. The Kier molecular flexibility index (Phi) is 6.36. The van der Waals surface area contributed by atoms with E-state index in [1.807, 2.05) is 24.3 Å². The van der Waals surface area contributed by atoms with Crippen LogP contribution < -0.4 is 20.1 Å². The summed E-state index contributed by atoms with van der Waals surface area (Å²) in [5, 5.41) is 10.9. The summed E-state index contributed by atoms with van der Waals surface area (Å²) >= 11 is 0. The van der Waals surface area contributed by atoms with Crippen LogP contribution >= 0.6 is 0 Å². The fraction of sp³-hybridized carbons (Fsp3) is 0.217. The second-order valence-electron chi connectivity index (χ2n) is 7.20. The lowest BCUT2D eigenvalue weighted by Gasteiger charge is -2.34. The fourth-order valence-corrected chi connectivity index (χ4v) is 3.31. The molecule has 1 aliphatic rings. The Morgan fingerprint density at radius 3 is 2.03 bits per heavy atom. The SMILES string of the molecule is CCOCCC1(Oc2ccc(Oc3ccc(-c4cn[nH]c4)cc3)cc2)C(=O)NC(=O)NC1=O. The van der Waals surface area contributed by atoms with Crippen LogP contribution in [0.5, 0.6) is 17.2 Å².